The predicted octanol–water partition coefficient (Wildman–Crippen LogP) is 3.32. The summed E-state index contributed by atoms with van der Waals surface area (Å²) in [6.45, 7) is 1.90. The lowest BCUT2D eigenvalue weighted by molar-refractivity contribution is 0.397. The monoisotopic (exact) mass is 277 g/mol. The van der Waals surface area contributed by atoms with Crippen LogP contribution in [0.2, 0.25) is 0 Å². The van der Waals surface area contributed by atoms with E-state index in [2.05, 4.69) is 15.3 Å². The molecule has 0 spiro atoms. The van der Waals surface area contributed by atoms with Crippen molar-refractivity contribution in [1.82, 2.24) is 9.97 Å². The molecule has 1 aromatic heterocycles. The summed E-state index contributed by atoms with van der Waals surface area (Å²) in [4.78, 5) is 8.55. The molecule has 0 aliphatic heterocycles. The van der Waals surface area contributed by atoms with E-state index in [1.165, 1.54) is 5.56 Å². The molecule has 19 heavy (non-hydrogen) atoms. The maximum Gasteiger partial charge on any atom is 0.230 e. The highest BCUT2D eigenvalue weighted by Gasteiger charge is 2.03. The van der Waals surface area contributed by atoms with Crippen molar-refractivity contribution < 1.29 is 4.74 Å². The largest absolute Gasteiger partial charge is 0.481 e. The van der Waals surface area contributed by atoms with Gasteiger partial charge in [0.25, 0.3) is 0 Å². The van der Waals surface area contributed by atoms with Gasteiger partial charge in [-0.3, -0.25) is 0 Å². The molecule has 0 amide bonds. The Morgan fingerprint density at radius 2 is 1.95 bits per heavy atom. The molecular weight excluding hydrogens is 262 g/mol. The van der Waals surface area contributed by atoms with Crippen LogP contribution in [0.4, 0.5) is 11.6 Å². The van der Waals surface area contributed by atoms with E-state index in [4.69, 9.17) is 16.3 Å². The van der Waals surface area contributed by atoms with E-state index < -0.39 is 0 Å². The number of methoxy groups -OCH3 is 1. The molecule has 2 rings (SSSR count). The van der Waals surface area contributed by atoms with Crippen LogP contribution in [0.5, 0.6) is 5.88 Å². The Labute approximate surface area is 117 Å². The van der Waals surface area contributed by atoms with E-state index in [-0.39, 0.29) is 0 Å². The summed E-state index contributed by atoms with van der Waals surface area (Å²) in [6.07, 6.45) is 0.872. The first-order valence-electron chi connectivity index (χ1n) is 6.03. The van der Waals surface area contributed by atoms with Crippen LogP contribution in [-0.4, -0.2) is 23.0 Å². The molecule has 0 aliphatic carbocycles. The van der Waals surface area contributed by atoms with Crippen LogP contribution in [0.15, 0.2) is 30.3 Å². The Balaban J connectivity index is 2.14. The van der Waals surface area contributed by atoms with E-state index in [0.29, 0.717) is 17.7 Å². The van der Waals surface area contributed by atoms with Crippen molar-refractivity contribution in [2.75, 3.05) is 18.3 Å². The lowest BCUT2D eigenvalue weighted by Crippen LogP contribution is -2.00. The summed E-state index contributed by atoms with van der Waals surface area (Å²) < 4.78 is 5.12. The molecule has 0 fully saturated rings. The fourth-order valence-corrected chi connectivity index (χ4v) is 1.91. The van der Waals surface area contributed by atoms with Crippen LogP contribution in [0.3, 0.4) is 0 Å². The number of hydrogen-bond donors (Lipinski definition) is 1. The molecule has 0 bridgehead atoms. The molecule has 0 saturated heterocycles. The van der Waals surface area contributed by atoms with Crippen LogP contribution in [0.1, 0.15) is 11.3 Å². The molecule has 0 atom stereocenters. The van der Waals surface area contributed by atoms with Gasteiger partial charge in [0.15, 0.2) is 0 Å². The maximum absolute atomic E-state index is 5.71. The van der Waals surface area contributed by atoms with Gasteiger partial charge in [-0.1, -0.05) is 12.1 Å². The Bertz CT molecular complexity index is 543. The fraction of sp³-hybridized carbons (Fsp3) is 0.286. The van der Waals surface area contributed by atoms with Crippen molar-refractivity contribution in [2.45, 2.75) is 13.3 Å². The van der Waals surface area contributed by atoms with Crippen molar-refractivity contribution in [3.8, 4) is 5.88 Å². The SMILES string of the molecule is COc1cc(C)nc(Nc2ccc(CCCl)cc2)n1. The highest BCUT2D eigenvalue weighted by Crippen LogP contribution is 2.17. The van der Waals surface area contributed by atoms with Crippen molar-refractivity contribution in [2.24, 2.45) is 0 Å². The van der Waals surface area contributed by atoms with Crippen molar-refractivity contribution in [1.29, 1.82) is 0 Å². The average Bonchev–Trinajstić information content (AvgIpc) is 2.40. The zero-order valence-corrected chi connectivity index (χ0v) is 11.7. The second-order valence-corrected chi connectivity index (χ2v) is 4.51. The molecule has 4 nitrogen and oxygen atoms in total. The van der Waals surface area contributed by atoms with Gasteiger partial charge < -0.3 is 10.1 Å². The number of aromatic nitrogens is 2. The van der Waals surface area contributed by atoms with Crippen LogP contribution in [-0.2, 0) is 6.42 Å². The summed E-state index contributed by atoms with van der Waals surface area (Å²) in [5.74, 6) is 1.71. The van der Waals surface area contributed by atoms with Gasteiger partial charge in [0.1, 0.15) is 0 Å². The number of halogens is 1. The average molecular weight is 278 g/mol. The summed E-state index contributed by atoms with van der Waals surface area (Å²) in [5.41, 5.74) is 3.00. The molecule has 2 aromatic rings. The van der Waals surface area contributed by atoms with Gasteiger partial charge >= 0.3 is 0 Å². The number of ether oxygens (including phenoxy) is 1. The van der Waals surface area contributed by atoms with Gasteiger partial charge in [-0.25, -0.2) is 4.98 Å². The standard InChI is InChI=1S/C14H16ClN3O/c1-10-9-13(19-2)18-14(16-10)17-12-5-3-11(4-6-12)7-8-15/h3-6,9H,7-8H2,1-2H3,(H,16,17,18). The van der Waals surface area contributed by atoms with Crippen LogP contribution in [0, 0.1) is 6.92 Å². The Morgan fingerprint density at radius 1 is 1.21 bits per heavy atom. The summed E-state index contributed by atoms with van der Waals surface area (Å²) in [6, 6.07) is 9.84. The number of nitrogens with zero attached hydrogens (tertiary/aromatic N) is 2. The van der Waals surface area contributed by atoms with Gasteiger partial charge in [0.05, 0.1) is 7.11 Å². The van der Waals surface area contributed by atoms with Gasteiger partial charge in [-0.05, 0) is 31.0 Å². The number of alkyl halides is 1. The van der Waals surface area contributed by atoms with Crippen molar-refractivity contribution in [3.05, 3.63) is 41.6 Å². The smallest absolute Gasteiger partial charge is 0.230 e. The van der Waals surface area contributed by atoms with Crippen molar-refractivity contribution in [3.63, 3.8) is 0 Å². The zero-order valence-electron chi connectivity index (χ0n) is 11.0. The minimum Gasteiger partial charge on any atom is -0.481 e. The first kappa shape index (κ1) is 13.6. The van der Waals surface area contributed by atoms with Crippen LogP contribution in [0.25, 0.3) is 0 Å². The van der Waals surface area contributed by atoms with E-state index >= 15 is 0 Å². The molecule has 1 N–H and O–H groups in total. The third-order valence-corrected chi connectivity index (χ3v) is 2.82. The van der Waals surface area contributed by atoms with Gasteiger partial charge in [0, 0.05) is 23.3 Å². The van der Waals surface area contributed by atoms with Gasteiger partial charge in [-0.2, -0.15) is 4.98 Å². The normalized spacial score (nSPS) is 10.3. The first-order chi connectivity index (χ1) is 9.21. The first-order valence-corrected chi connectivity index (χ1v) is 6.56. The number of aryl methyl sites for hydroxylation is 2. The Morgan fingerprint density at radius 3 is 2.58 bits per heavy atom. The summed E-state index contributed by atoms with van der Waals surface area (Å²) >= 11 is 5.71. The predicted molar refractivity (Wildman–Crippen MR) is 77.5 cm³/mol. The molecule has 0 aliphatic rings. The molecule has 1 heterocycles. The third kappa shape index (κ3) is 3.83. The lowest BCUT2D eigenvalue weighted by atomic mass is 10.1. The molecule has 0 radical (unpaired) electrons. The summed E-state index contributed by atoms with van der Waals surface area (Å²) in [7, 11) is 1.59. The van der Waals surface area contributed by atoms with E-state index in [1.807, 2.05) is 31.2 Å². The minimum absolute atomic E-state index is 0.530. The van der Waals surface area contributed by atoms with Crippen LogP contribution >= 0.6 is 11.6 Å². The lowest BCUT2D eigenvalue weighted by Gasteiger charge is -2.08. The molecule has 1 aromatic carbocycles. The van der Waals surface area contributed by atoms with E-state index in [0.717, 1.165) is 17.8 Å². The maximum atomic E-state index is 5.71. The van der Waals surface area contributed by atoms with Gasteiger partial charge in [0.2, 0.25) is 11.8 Å². The number of nitrogens with one attached hydrogen (secondary N) is 1. The molecule has 5 heteroatoms. The Hall–Kier alpha value is -1.81. The second kappa shape index (κ2) is 6.38. The summed E-state index contributed by atoms with van der Waals surface area (Å²) in [5, 5.41) is 3.15. The van der Waals surface area contributed by atoms with E-state index in [9.17, 15) is 0 Å². The number of benzene rings is 1. The number of rotatable bonds is 5. The molecule has 100 valence electrons. The van der Waals surface area contributed by atoms with E-state index in [1.54, 1.807) is 13.2 Å². The number of hydrogen-bond acceptors (Lipinski definition) is 4. The topological polar surface area (TPSA) is 47.0 Å². The van der Waals surface area contributed by atoms with Crippen LogP contribution < -0.4 is 10.1 Å². The fourth-order valence-electron chi connectivity index (χ4n) is 1.69. The molecular formula is C14H16ClN3O. The molecule has 0 saturated carbocycles. The minimum atomic E-state index is 0.530. The Kier molecular flexibility index (Phi) is 4.58. The highest BCUT2D eigenvalue weighted by molar-refractivity contribution is 6.17. The zero-order chi connectivity index (χ0) is 13.7. The van der Waals surface area contributed by atoms with Crippen molar-refractivity contribution >= 4 is 23.2 Å². The highest BCUT2D eigenvalue weighted by atomic mass is 35.5. The quantitative estimate of drug-likeness (QED) is 0.852. The third-order valence-electron chi connectivity index (χ3n) is 2.63. The molecule has 0 unspecified atom stereocenters. The number of anilines is 2. The second-order valence-electron chi connectivity index (χ2n) is 4.14. The van der Waals surface area contributed by atoms with Gasteiger partial charge in [-0.15, -0.1) is 11.6 Å².